The van der Waals surface area contributed by atoms with Gasteiger partial charge in [-0.05, 0) is 37.1 Å². The molecule has 0 unspecified atom stereocenters. The van der Waals surface area contributed by atoms with Gasteiger partial charge in [-0.2, -0.15) is 4.98 Å². The van der Waals surface area contributed by atoms with Crippen LogP contribution in [0.25, 0.3) is 11.4 Å². The normalized spacial score (nSPS) is 16.7. The number of carbonyl (C=O) groups is 1. The quantitative estimate of drug-likeness (QED) is 0.703. The van der Waals surface area contributed by atoms with Gasteiger partial charge in [0, 0.05) is 24.1 Å². The van der Waals surface area contributed by atoms with Gasteiger partial charge in [-0.3, -0.25) is 0 Å². The third-order valence-corrected chi connectivity index (χ3v) is 5.93. The van der Waals surface area contributed by atoms with Crippen LogP contribution in [0, 0.1) is 0 Å². The van der Waals surface area contributed by atoms with Crippen molar-refractivity contribution < 1.29 is 17.7 Å². The van der Waals surface area contributed by atoms with Gasteiger partial charge in [-0.15, -0.1) is 0 Å². The Bertz CT molecular complexity index is 1110. The van der Waals surface area contributed by atoms with Gasteiger partial charge in [0.2, 0.25) is 11.7 Å². The van der Waals surface area contributed by atoms with Crippen LogP contribution in [-0.2, 0) is 9.84 Å². The number of anilines is 1. The molecule has 1 aromatic heterocycles. The van der Waals surface area contributed by atoms with Gasteiger partial charge in [0.05, 0.1) is 4.90 Å². The Morgan fingerprint density at radius 1 is 1.14 bits per heavy atom. The maximum Gasteiger partial charge on any atom is 0.322 e. The summed E-state index contributed by atoms with van der Waals surface area (Å²) >= 11 is 0. The van der Waals surface area contributed by atoms with E-state index < -0.39 is 9.84 Å². The van der Waals surface area contributed by atoms with E-state index in [2.05, 4.69) is 15.5 Å². The first-order valence-corrected chi connectivity index (χ1v) is 11.1. The van der Waals surface area contributed by atoms with E-state index in [4.69, 9.17) is 4.52 Å². The van der Waals surface area contributed by atoms with Crippen LogP contribution in [0.3, 0.4) is 0 Å². The molecular weight excluding hydrogens is 392 g/mol. The maximum atomic E-state index is 12.8. The van der Waals surface area contributed by atoms with Crippen molar-refractivity contribution in [1.29, 1.82) is 0 Å². The lowest BCUT2D eigenvalue weighted by Crippen LogP contribution is -2.34. The van der Waals surface area contributed by atoms with Crippen LogP contribution in [0.1, 0.15) is 24.8 Å². The first-order valence-electron chi connectivity index (χ1n) is 9.18. The fourth-order valence-electron chi connectivity index (χ4n) is 3.32. The Balaban J connectivity index is 1.48. The summed E-state index contributed by atoms with van der Waals surface area (Å²) in [5.41, 5.74) is 1.37. The van der Waals surface area contributed by atoms with Gasteiger partial charge in [0.1, 0.15) is 6.04 Å². The molecule has 9 heteroatoms. The van der Waals surface area contributed by atoms with Crippen molar-refractivity contribution in [3.8, 4) is 11.4 Å². The SMILES string of the molecule is CS(=O)(=O)c1ccc(NC(=O)N2CCC[C@H]2c2nc(-c3ccccc3)no2)cc1. The number of urea groups is 1. The fraction of sp³-hybridized carbons (Fsp3) is 0.250. The largest absolute Gasteiger partial charge is 0.337 e. The third-order valence-electron chi connectivity index (χ3n) is 4.81. The molecule has 4 rings (SSSR count). The van der Waals surface area contributed by atoms with E-state index in [-0.39, 0.29) is 17.0 Å². The summed E-state index contributed by atoms with van der Waals surface area (Å²) in [6, 6.07) is 15.0. The lowest BCUT2D eigenvalue weighted by Gasteiger charge is -2.22. The molecule has 1 atom stereocenters. The van der Waals surface area contributed by atoms with E-state index in [0.29, 0.717) is 23.9 Å². The van der Waals surface area contributed by atoms with Crippen molar-refractivity contribution in [1.82, 2.24) is 15.0 Å². The number of hydrogen-bond acceptors (Lipinski definition) is 6. The number of amides is 2. The molecule has 2 heterocycles. The van der Waals surface area contributed by atoms with Crippen LogP contribution in [0.2, 0.25) is 0 Å². The minimum atomic E-state index is -3.28. The fourth-order valence-corrected chi connectivity index (χ4v) is 3.95. The summed E-state index contributed by atoms with van der Waals surface area (Å²) in [4.78, 5) is 19.1. The van der Waals surface area contributed by atoms with Crippen LogP contribution < -0.4 is 5.32 Å². The van der Waals surface area contributed by atoms with Gasteiger partial charge in [0.15, 0.2) is 9.84 Å². The van der Waals surface area contributed by atoms with Crippen LogP contribution in [0.4, 0.5) is 10.5 Å². The number of rotatable bonds is 4. The monoisotopic (exact) mass is 412 g/mol. The van der Waals surface area contributed by atoms with Crippen LogP contribution in [-0.4, -0.2) is 42.3 Å². The van der Waals surface area contributed by atoms with Gasteiger partial charge in [-0.1, -0.05) is 35.5 Å². The summed E-state index contributed by atoms with van der Waals surface area (Å²) in [6.45, 7) is 0.570. The minimum absolute atomic E-state index is 0.203. The van der Waals surface area contributed by atoms with Crippen molar-refractivity contribution in [2.75, 3.05) is 18.1 Å². The third kappa shape index (κ3) is 4.14. The molecule has 1 aliphatic heterocycles. The van der Waals surface area contributed by atoms with Gasteiger partial charge in [0.25, 0.3) is 0 Å². The maximum absolute atomic E-state index is 12.8. The molecule has 1 aliphatic rings. The Morgan fingerprint density at radius 2 is 1.86 bits per heavy atom. The minimum Gasteiger partial charge on any atom is -0.337 e. The van der Waals surface area contributed by atoms with Crippen molar-refractivity contribution in [2.45, 2.75) is 23.8 Å². The summed E-state index contributed by atoms with van der Waals surface area (Å²) in [5.74, 6) is 0.896. The first kappa shape index (κ1) is 19.1. The molecule has 0 bridgehead atoms. The van der Waals surface area contributed by atoms with E-state index in [9.17, 15) is 13.2 Å². The predicted molar refractivity (Wildman–Crippen MR) is 107 cm³/mol. The number of nitrogens with zero attached hydrogens (tertiary/aromatic N) is 3. The molecule has 3 aromatic rings. The van der Waals surface area contributed by atoms with E-state index in [1.54, 1.807) is 17.0 Å². The zero-order valence-corrected chi connectivity index (χ0v) is 16.6. The standard InChI is InChI=1S/C20H20N4O4S/c1-29(26,27)16-11-9-15(10-12-16)21-20(25)24-13-5-8-17(24)19-22-18(23-28-19)14-6-3-2-4-7-14/h2-4,6-7,9-12,17H,5,8,13H2,1H3,(H,21,25)/t17-/m0/s1. The predicted octanol–water partition coefficient (Wildman–Crippen LogP) is 3.51. The molecule has 2 amide bonds. The molecule has 0 aliphatic carbocycles. The Morgan fingerprint density at radius 3 is 2.55 bits per heavy atom. The van der Waals surface area contributed by atoms with Crippen molar-refractivity contribution in [2.24, 2.45) is 0 Å². The molecular formula is C20H20N4O4S. The van der Waals surface area contributed by atoms with Crippen LogP contribution in [0.15, 0.2) is 64.0 Å². The zero-order valence-electron chi connectivity index (χ0n) is 15.8. The number of sulfone groups is 1. The second-order valence-electron chi connectivity index (χ2n) is 6.90. The second-order valence-corrected chi connectivity index (χ2v) is 8.92. The van der Waals surface area contributed by atoms with Crippen molar-refractivity contribution in [3.05, 3.63) is 60.5 Å². The molecule has 0 radical (unpaired) electrons. The zero-order chi connectivity index (χ0) is 20.4. The van der Waals surface area contributed by atoms with E-state index in [1.807, 2.05) is 30.3 Å². The number of benzene rings is 2. The average molecular weight is 412 g/mol. The van der Waals surface area contributed by atoms with Gasteiger partial charge in [-0.25, -0.2) is 13.2 Å². The molecule has 2 aromatic carbocycles. The number of aromatic nitrogens is 2. The number of likely N-dealkylation sites (tertiary alicyclic amines) is 1. The highest BCUT2D eigenvalue weighted by Crippen LogP contribution is 2.32. The molecule has 0 spiro atoms. The first-order chi connectivity index (χ1) is 13.9. The van der Waals surface area contributed by atoms with E-state index >= 15 is 0 Å². The Labute approximate surface area is 168 Å². The van der Waals surface area contributed by atoms with Crippen molar-refractivity contribution in [3.63, 3.8) is 0 Å². The van der Waals surface area contributed by atoms with Crippen molar-refractivity contribution >= 4 is 21.6 Å². The molecule has 150 valence electrons. The number of hydrogen-bond donors (Lipinski definition) is 1. The molecule has 1 fully saturated rings. The lowest BCUT2D eigenvalue weighted by atomic mass is 10.2. The Kier molecular flexibility index (Phi) is 5.06. The highest BCUT2D eigenvalue weighted by Gasteiger charge is 2.34. The molecule has 1 N–H and O–H groups in total. The van der Waals surface area contributed by atoms with E-state index in [1.165, 1.54) is 12.1 Å². The van der Waals surface area contributed by atoms with Gasteiger partial charge < -0.3 is 14.7 Å². The topological polar surface area (TPSA) is 105 Å². The molecule has 1 saturated heterocycles. The average Bonchev–Trinajstić information content (AvgIpc) is 3.38. The van der Waals surface area contributed by atoms with Crippen LogP contribution in [0.5, 0.6) is 0 Å². The smallest absolute Gasteiger partial charge is 0.322 e. The van der Waals surface area contributed by atoms with Crippen LogP contribution >= 0.6 is 0 Å². The van der Waals surface area contributed by atoms with E-state index in [0.717, 1.165) is 24.7 Å². The second kappa shape index (κ2) is 7.67. The lowest BCUT2D eigenvalue weighted by molar-refractivity contribution is 0.193. The summed E-state index contributed by atoms with van der Waals surface area (Å²) in [5, 5.41) is 6.84. The van der Waals surface area contributed by atoms with Gasteiger partial charge >= 0.3 is 6.03 Å². The summed E-state index contributed by atoms with van der Waals surface area (Å²) < 4.78 is 28.6. The highest BCUT2D eigenvalue weighted by molar-refractivity contribution is 7.90. The number of carbonyl (C=O) groups excluding carboxylic acids is 1. The Hall–Kier alpha value is -3.20. The molecule has 29 heavy (non-hydrogen) atoms. The summed E-state index contributed by atoms with van der Waals surface area (Å²) in [6.07, 6.45) is 2.70. The molecule has 0 saturated carbocycles. The number of nitrogens with one attached hydrogen (secondary N) is 1. The summed E-state index contributed by atoms with van der Waals surface area (Å²) in [7, 11) is -3.28. The molecule has 8 nitrogen and oxygen atoms in total. The highest BCUT2D eigenvalue weighted by atomic mass is 32.2.